The molecule has 2 rings (SSSR count). The number of nitrogens with zero attached hydrogens (tertiary/aromatic N) is 2. The number of aromatic nitrogens is 2. The predicted octanol–water partition coefficient (Wildman–Crippen LogP) is 5.62. The summed E-state index contributed by atoms with van der Waals surface area (Å²) < 4.78 is 28.1. The topological polar surface area (TPSA) is 25.8 Å². The summed E-state index contributed by atoms with van der Waals surface area (Å²) in [6, 6.07) is 5.62. The first kappa shape index (κ1) is 17.5. The van der Waals surface area contributed by atoms with Gasteiger partial charge in [0.25, 0.3) is 0 Å². The zero-order valence-corrected chi connectivity index (χ0v) is 14.5. The van der Waals surface area contributed by atoms with Crippen LogP contribution >= 0.6 is 0 Å². The van der Waals surface area contributed by atoms with E-state index >= 15 is 0 Å². The smallest absolute Gasteiger partial charge is 0.135 e. The second-order valence-corrected chi connectivity index (χ2v) is 6.55. The zero-order chi connectivity index (χ0) is 17.2. The molecule has 1 aromatic heterocycles. The molecule has 23 heavy (non-hydrogen) atoms. The maximum Gasteiger partial charge on any atom is 0.135 e. The van der Waals surface area contributed by atoms with Crippen molar-refractivity contribution in [2.45, 2.75) is 58.8 Å². The van der Waals surface area contributed by atoms with Crippen molar-refractivity contribution < 1.29 is 8.78 Å². The number of hydrogen-bond donors (Lipinski definition) is 0. The molecule has 0 amide bonds. The lowest BCUT2D eigenvalue weighted by molar-refractivity contribution is 0.415. The van der Waals surface area contributed by atoms with Gasteiger partial charge < -0.3 is 0 Å². The number of benzene rings is 1. The first-order valence-electron chi connectivity index (χ1n) is 8.16. The normalized spacial score (nSPS) is 12.0. The Morgan fingerprint density at radius 1 is 1.04 bits per heavy atom. The van der Waals surface area contributed by atoms with Crippen LogP contribution in [0.3, 0.4) is 0 Å². The summed E-state index contributed by atoms with van der Waals surface area (Å²) in [5.74, 6) is -1.03. The van der Waals surface area contributed by atoms with Crippen LogP contribution in [0.2, 0.25) is 0 Å². The third kappa shape index (κ3) is 3.26. The molecule has 0 aliphatic rings. The van der Waals surface area contributed by atoms with Crippen molar-refractivity contribution in [2.24, 2.45) is 0 Å². The molecular weight excluding hydrogens is 294 g/mol. The Hall–Kier alpha value is -1.84. The summed E-state index contributed by atoms with van der Waals surface area (Å²) in [5, 5.41) is 8.53. The Morgan fingerprint density at radius 3 is 2.09 bits per heavy atom. The lowest BCUT2D eigenvalue weighted by Gasteiger charge is -2.29. The van der Waals surface area contributed by atoms with E-state index < -0.39 is 11.6 Å². The third-order valence-corrected chi connectivity index (χ3v) is 4.80. The van der Waals surface area contributed by atoms with E-state index in [1.165, 1.54) is 18.2 Å². The van der Waals surface area contributed by atoms with Crippen LogP contribution in [-0.2, 0) is 5.41 Å². The lowest BCUT2D eigenvalue weighted by Crippen LogP contribution is -2.24. The van der Waals surface area contributed by atoms with E-state index in [0.29, 0.717) is 0 Å². The number of rotatable bonds is 5. The Labute approximate surface area is 137 Å². The van der Waals surface area contributed by atoms with Crippen LogP contribution in [0.15, 0.2) is 24.3 Å². The van der Waals surface area contributed by atoms with Crippen molar-refractivity contribution in [3.8, 4) is 11.3 Å². The molecule has 2 aromatic rings. The van der Waals surface area contributed by atoms with E-state index in [4.69, 9.17) is 0 Å². The van der Waals surface area contributed by atoms with Crippen LogP contribution in [-0.4, -0.2) is 10.2 Å². The molecule has 0 saturated heterocycles. The van der Waals surface area contributed by atoms with Gasteiger partial charge >= 0.3 is 0 Å². The summed E-state index contributed by atoms with van der Waals surface area (Å²) in [7, 11) is 0. The average molecular weight is 318 g/mol. The van der Waals surface area contributed by atoms with Gasteiger partial charge in [0.1, 0.15) is 11.6 Å². The molecule has 1 heterocycles. The average Bonchev–Trinajstić information content (AvgIpc) is 2.53. The van der Waals surface area contributed by atoms with Gasteiger partial charge in [0.2, 0.25) is 0 Å². The van der Waals surface area contributed by atoms with Gasteiger partial charge in [-0.1, -0.05) is 40.7 Å². The zero-order valence-electron chi connectivity index (χ0n) is 14.5. The fourth-order valence-electron chi connectivity index (χ4n) is 2.76. The minimum Gasteiger partial charge on any atom is -0.206 e. The fraction of sp³-hybridized carbons (Fsp3) is 0.474. The molecule has 0 aliphatic carbocycles. The second-order valence-electron chi connectivity index (χ2n) is 6.55. The Morgan fingerprint density at radius 2 is 1.61 bits per heavy atom. The van der Waals surface area contributed by atoms with E-state index in [2.05, 4.69) is 44.8 Å². The maximum absolute atomic E-state index is 14.0. The summed E-state index contributed by atoms with van der Waals surface area (Å²) in [4.78, 5) is 0. The van der Waals surface area contributed by atoms with Crippen molar-refractivity contribution in [2.75, 3.05) is 0 Å². The summed E-state index contributed by atoms with van der Waals surface area (Å²) in [5.41, 5.74) is 1.99. The first-order chi connectivity index (χ1) is 10.8. The highest BCUT2D eigenvalue weighted by Gasteiger charge is 2.29. The molecule has 0 radical (unpaired) electrons. The van der Waals surface area contributed by atoms with Gasteiger partial charge in [-0.05, 0) is 42.5 Å². The highest BCUT2D eigenvalue weighted by molar-refractivity contribution is 5.61. The predicted molar refractivity (Wildman–Crippen MR) is 89.4 cm³/mol. The highest BCUT2D eigenvalue weighted by Crippen LogP contribution is 2.36. The minimum atomic E-state index is -0.615. The molecule has 4 heteroatoms. The van der Waals surface area contributed by atoms with Crippen LogP contribution in [0, 0.1) is 11.6 Å². The SMILES string of the molecule is CCC(C)(CC)c1nnc(-c2c(F)cccc2F)cc1C(C)C. The molecular formula is C19H24F2N2. The monoisotopic (exact) mass is 318 g/mol. The lowest BCUT2D eigenvalue weighted by atomic mass is 9.77. The van der Waals surface area contributed by atoms with Crippen molar-refractivity contribution >= 4 is 0 Å². The highest BCUT2D eigenvalue weighted by atomic mass is 19.1. The molecule has 0 aliphatic heterocycles. The van der Waals surface area contributed by atoms with Crippen molar-refractivity contribution in [1.29, 1.82) is 0 Å². The van der Waals surface area contributed by atoms with E-state index in [0.717, 1.165) is 24.1 Å². The van der Waals surface area contributed by atoms with Gasteiger partial charge in [-0.15, -0.1) is 0 Å². The van der Waals surface area contributed by atoms with Crippen molar-refractivity contribution in [3.05, 3.63) is 47.2 Å². The van der Waals surface area contributed by atoms with E-state index in [1.54, 1.807) is 6.07 Å². The van der Waals surface area contributed by atoms with Crippen LogP contribution in [0.1, 0.15) is 64.6 Å². The van der Waals surface area contributed by atoms with Crippen molar-refractivity contribution in [1.82, 2.24) is 10.2 Å². The summed E-state index contributed by atoms with van der Waals surface area (Å²) in [6.07, 6.45) is 1.87. The molecule has 124 valence electrons. The van der Waals surface area contributed by atoms with Crippen LogP contribution in [0.25, 0.3) is 11.3 Å². The van der Waals surface area contributed by atoms with Gasteiger partial charge in [-0.25, -0.2) is 8.78 Å². The Kier molecular flexibility index (Phi) is 5.12. The number of halogens is 2. The van der Waals surface area contributed by atoms with Crippen LogP contribution < -0.4 is 0 Å². The quantitative estimate of drug-likeness (QED) is 0.714. The molecule has 0 spiro atoms. The Balaban J connectivity index is 2.66. The third-order valence-electron chi connectivity index (χ3n) is 4.80. The Bertz CT molecular complexity index is 672. The maximum atomic E-state index is 14.0. The van der Waals surface area contributed by atoms with Gasteiger partial charge in [0, 0.05) is 5.41 Å². The molecule has 0 bridgehead atoms. The van der Waals surface area contributed by atoms with Gasteiger partial charge in [0.05, 0.1) is 17.0 Å². The van der Waals surface area contributed by atoms with Crippen molar-refractivity contribution in [3.63, 3.8) is 0 Å². The first-order valence-corrected chi connectivity index (χ1v) is 8.16. The van der Waals surface area contributed by atoms with Gasteiger partial charge in [-0.2, -0.15) is 10.2 Å². The summed E-state index contributed by atoms with van der Waals surface area (Å²) in [6.45, 7) is 10.5. The molecule has 0 fully saturated rings. The molecule has 1 aromatic carbocycles. The largest absolute Gasteiger partial charge is 0.206 e. The van der Waals surface area contributed by atoms with Gasteiger partial charge in [-0.3, -0.25) is 0 Å². The standard InChI is InChI=1S/C19H24F2N2/c1-6-19(5,7-2)18-13(12(3)4)11-16(22-23-18)17-14(20)9-8-10-15(17)21/h8-12H,6-7H2,1-5H3. The molecule has 0 saturated carbocycles. The van der Waals surface area contributed by atoms with E-state index in [1.807, 2.05) is 0 Å². The molecule has 0 unspecified atom stereocenters. The second kappa shape index (κ2) is 6.73. The van der Waals surface area contributed by atoms with Crippen LogP contribution in [0.4, 0.5) is 8.78 Å². The minimum absolute atomic E-state index is 0.0844. The molecule has 0 N–H and O–H groups in total. The fourth-order valence-corrected chi connectivity index (χ4v) is 2.76. The van der Waals surface area contributed by atoms with E-state index in [9.17, 15) is 8.78 Å². The number of hydrogen-bond acceptors (Lipinski definition) is 2. The van der Waals surface area contributed by atoms with E-state index in [-0.39, 0.29) is 22.6 Å². The van der Waals surface area contributed by atoms with Crippen LogP contribution in [0.5, 0.6) is 0 Å². The van der Waals surface area contributed by atoms with Gasteiger partial charge in [0.15, 0.2) is 0 Å². The molecule has 0 atom stereocenters. The summed E-state index contributed by atoms with van der Waals surface area (Å²) >= 11 is 0. The molecule has 2 nitrogen and oxygen atoms in total.